The Kier molecular flexibility index (Phi) is 4.07. The average molecular weight is 240 g/mol. The second-order valence-electron chi connectivity index (χ2n) is 4.28. The van der Waals surface area contributed by atoms with E-state index in [-0.39, 0.29) is 5.97 Å². The van der Waals surface area contributed by atoms with E-state index in [1.165, 1.54) is 6.08 Å². The number of aromatic nitrogens is 1. The van der Waals surface area contributed by atoms with Gasteiger partial charge in [-0.2, -0.15) is 0 Å². The Morgan fingerprint density at radius 2 is 2.12 bits per heavy atom. The van der Waals surface area contributed by atoms with Gasteiger partial charge in [-0.25, -0.2) is 9.78 Å². The minimum Gasteiger partial charge on any atom is -0.457 e. The second-order valence-corrected chi connectivity index (χ2v) is 4.67. The van der Waals surface area contributed by atoms with E-state index < -0.39 is 5.60 Å². The molecule has 3 nitrogen and oxygen atoms in total. The van der Waals surface area contributed by atoms with Crippen LogP contribution in [0.4, 0.5) is 0 Å². The highest BCUT2D eigenvalue weighted by Crippen LogP contribution is 2.09. The number of pyridine rings is 1. The molecule has 0 aliphatic heterocycles. The van der Waals surface area contributed by atoms with E-state index in [1.807, 2.05) is 20.8 Å². The molecule has 0 aliphatic carbocycles. The van der Waals surface area contributed by atoms with Crippen LogP contribution < -0.4 is 0 Å². The first-order valence-electron chi connectivity index (χ1n) is 4.89. The van der Waals surface area contributed by atoms with Gasteiger partial charge in [-0.05, 0) is 38.5 Å². The fourth-order valence-electron chi connectivity index (χ4n) is 0.986. The summed E-state index contributed by atoms with van der Waals surface area (Å²) >= 11 is 5.63. The van der Waals surface area contributed by atoms with E-state index in [0.717, 1.165) is 5.56 Å². The first kappa shape index (κ1) is 12.7. The van der Waals surface area contributed by atoms with Gasteiger partial charge < -0.3 is 4.74 Å². The number of hydrogen-bond donors (Lipinski definition) is 0. The van der Waals surface area contributed by atoms with Crippen LogP contribution in [0.15, 0.2) is 24.4 Å². The Balaban J connectivity index is 2.60. The molecule has 0 unspecified atom stereocenters. The number of esters is 1. The van der Waals surface area contributed by atoms with Crippen molar-refractivity contribution >= 4 is 23.6 Å². The SMILES string of the molecule is CC(C)(C)OC(=O)C=Cc1ccc(Cl)nc1. The number of ether oxygens (including phenoxy) is 1. The van der Waals surface area contributed by atoms with Gasteiger partial charge in [0.1, 0.15) is 10.8 Å². The lowest BCUT2D eigenvalue weighted by Gasteiger charge is -2.17. The van der Waals surface area contributed by atoms with Crippen LogP contribution in [0.5, 0.6) is 0 Å². The maximum absolute atomic E-state index is 11.3. The largest absolute Gasteiger partial charge is 0.457 e. The fraction of sp³-hybridized carbons (Fsp3) is 0.333. The molecule has 4 heteroatoms. The van der Waals surface area contributed by atoms with E-state index in [0.29, 0.717) is 5.15 Å². The lowest BCUT2D eigenvalue weighted by Crippen LogP contribution is -2.22. The summed E-state index contributed by atoms with van der Waals surface area (Å²) in [7, 11) is 0. The Bertz CT molecular complexity index is 390. The zero-order chi connectivity index (χ0) is 12.2. The lowest BCUT2D eigenvalue weighted by atomic mass is 10.2. The third kappa shape index (κ3) is 4.94. The molecule has 0 spiro atoms. The van der Waals surface area contributed by atoms with E-state index >= 15 is 0 Å². The standard InChI is InChI=1S/C12H14ClNO2/c1-12(2,3)16-11(15)7-5-9-4-6-10(13)14-8-9/h4-8H,1-3H3. The van der Waals surface area contributed by atoms with Gasteiger partial charge in [0.2, 0.25) is 0 Å². The summed E-state index contributed by atoms with van der Waals surface area (Å²) in [6, 6.07) is 3.44. The summed E-state index contributed by atoms with van der Waals surface area (Å²) in [4.78, 5) is 15.2. The zero-order valence-corrected chi connectivity index (χ0v) is 10.3. The Morgan fingerprint density at radius 3 is 2.62 bits per heavy atom. The molecule has 0 amide bonds. The number of rotatable bonds is 2. The van der Waals surface area contributed by atoms with Crippen molar-refractivity contribution in [2.75, 3.05) is 0 Å². The van der Waals surface area contributed by atoms with E-state index in [2.05, 4.69) is 4.98 Å². The number of carbonyl (C=O) groups excluding carboxylic acids is 1. The molecule has 0 bridgehead atoms. The van der Waals surface area contributed by atoms with Crippen LogP contribution in [0.2, 0.25) is 5.15 Å². The molecular formula is C12H14ClNO2. The van der Waals surface area contributed by atoms with Crippen molar-refractivity contribution in [3.63, 3.8) is 0 Å². The van der Waals surface area contributed by atoms with Gasteiger partial charge in [0.15, 0.2) is 0 Å². The maximum atomic E-state index is 11.3. The van der Waals surface area contributed by atoms with Crippen molar-refractivity contribution in [1.82, 2.24) is 4.98 Å². The molecule has 0 saturated heterocycles. The molecule has 0 aromatic carbocycles. The number of hydrogen-bond acceptors (Lipinski definition) is 3. The highest BCUT2D eigenvalue weighted by molar-refractivity contribution is 6.29. The lowest BCUT2D eigenvalue weighted by molar-refractivity contribution is -0.148. The Labute approximate surface area is 100 Å². The van der Waals surface area contributed by atoms with Crippen LogP contribution in [0.25, 0.3) is 6.08 Å². The molecule has 1 aromatic rings. The van der Waals surface area contributed by atoms with Gasteiger partial charge in [-0.3, -0.25) is 0 Å². The quantitative estimate of drug-likeness (QED) is 0.452. The van der Waals surface area contributed by atoms with Crippen molar-refractivity contribution in [2.24, 2.45) is 0 Å². The summed E-state index contributed by atoms with van der Waals surface area (Å²) in [5.74, 6) is -0.373. The van der Waals surface area contributed by atoms with Crippen LogP contribution >= 0.6 is 11.6 Å². The van der Waals surface area contributed by atoms with E-state index in [1.54, 1.807) is 24.4 Å². The Morgan fingerprint density at radius 1 is 1.44 bits per heavy atom. The van der Waals surface area contributed by atoms with E-state index in [4.69, 9.17) is 16.3 Å². The van der Waals surface area contributed by atoms with Gasteiger partial charge in [0.25, 0.3) is 0 Å². The highest BCUT2D eigenvalue weighted by Gasteiger charge is 2.13. The minimum absolute atomic E-state index is 0.373. The summed E-state index contributed by atoms with van der Waals surface area (Å²) in [5, 5.41) is 0.425. The average Bonchev–Trinajstić information content (AvgIpc) is 2.14. The topological polar surface area (TPSA) is 39.2 Å². The van der Waals surface area contributed by atoms with Gasteiger partial charge in [-0.1, -0.05) is 17.7 Å². The molecule has 86 valence electrons. The molecule has 0 N–H and O–H groups in total. The number of nitrogens with zero attached hydrogens (tertiary/aromatic N) is 1. The first-order chi connectivity index (χ1) is 7.37. The molecule has 1 aromatic heterocycles. The fourth-order valence-corrected chi connectivity index (χ4v) is 1.10. The highest BCUT2D eigenvalue weighted by atomic mass is 35.5. The maximum Gasteiger partial charge on any atom is 0.331 e. The predicted octanol–water partition coefficient (Wildman–Crippen LogP) is 3.09. The molecule has 0 fully saturated rings. The molecule has 0 radical (unpaired) electrons. The second kappa shape index (κ2) is 5.12. The number of carbonyl (C=O) groups is 1. The summed E-state index contributed by atoms with van der Waals surface area (Å²) in [6.45, 7) is 5.47. The molecule has 16 heavy (non-hydrogen) atoms. The van der Waals surface area contributed by atoms with Gasteiger partial charge in [-0.15, -0.1) is 0 Å². The van der Waals surface area contributed by atoms with Crippen molar-refractivity contribution in [3.8, 4) is 0 Å². The van der Waals surface area contributed by atoms with Crippen molar-refractivity contribution in [2.45, 2.75) is 26.4 Å². The third-order valence-electron chi connectivity index (χ3n) is 1.57. The summed E-state index contributed by atoms with van der Waals surface area (Å²) in [5.41, 5.74) is 0.329. The third-order valence-corrected chi connectivity index (χ3v) is 1.79. The number of halogens is 1. The predicted molar refractivity (Wildman–Crippen MR) is 64.1 cm³/mol. The van der Waals surface area contributed by atoms with Gasteiger partial charge in [0, 0.05) is 12.3 Å². The van der Waals surface area contributed by atoms with Crippen molar-refractivity contribution in [3.05, 3.63) is 35.1 Å². The van der Waals surface area contributed by atoms with Gasteiger partial charge in [0.05, 0.1) is 0 Å². The molecule has 0 saturated carbocycles. The summed E-state index contributed by atoms with van der Waals surface area (Å²) < 4.78 is 5.11. The first-order valence-corrected chi connectivity index (χ1v) is 5.27. The molecule has 0 aliphatic rings. The van der Waals surface area contributed by atoms with E-state index in [9.17, 15) is 4.79 Å². The minimum atomic E-state index is -0.473. The van der Waals surface area contributed by atoms with Gasteiger partial charge >= 0.3 is 5.97 Å². The van der Waals surface area contributed by atoms with Crippen LogP contribution in [-0.4, -0.2) is 16.6 Å². The van der Waals surface area contributed by atoms with Crippen molar-refractivity contribution < 1.29 is 9.53 Å². The van der Waals surface area contributed by atoms with Crippen molar-refractivity contribution in [1.29, 1.82) is 0 Å². The normalized spacial score (nSPS) is 11.8. The molecule has 1 rings (SSSR count). The molecular weight excluding hydrogens is 226 g/mol. The van der Waals surface area contributed by atoms with Crippen LogP contribution in [0.3, 0.4) is 0 Å². The Hall–Kier alpha value is -1.35. The van der Waals surface area contributed by atoms with Crippen LogP contribution in [-0.2, 0) is 9.53 Å². The monoisotopic (exact) mass is 239 g/mol. The molecule has 0 atom stereocenters. The molecule has 1 heterocycles. The summed E-state index contributed by atoms with van der Waals surface area (Å²) in [6.07, 6.45) is 4.59. The smallest absolute Gasteiger partial charge is 0.331 e. The van der Waals surface area contributed by atoms with Crippen LogP contribution in [0, 0.1) is 0 Å². The van der Waals surface area contributed by atoms with Crippen LogP contribution in [0.1, 0.15) is 26.3 Å². The zero-order valence-electron chi connectivity index (χ0n) is 9.53.